The number of benzene rings is 1. The Kier molecular flexibility index (Phi) is 2.63. The van der Waals surface area contributed by atoms with Gasteiger partial charge in [0.05, 0.1) is 12.8 Å². The highest BCUT2D eigenvalue weighted by Gasteiger charge is 2.03. The Morgan fingerprint density at radius 3 is 2.53 bits per heavy atom. The molecule has 1 aromatic carbocycles. The van der Waals surface area contributed by atoms with Crippen molar-refractivity contribution >= 4 is 11.4 Å². The maximum atomic E-state index is 5.63. The molecule has 0 aliphatic rings. The monoisotopic (exact) mass is 202 g/mol. The molecule has 15 heavy (non-hydrogen) atoms. The van der Waals surface area contributed by atoms with Gasteiger partial charge in [-0.2, -0.15) is 0 Å². The van der Waals surface area contributed by atoms with Crippen molar-refractivity contribution in [3.8, 4) is 0 Å². The molecule has 0 spiro atoms. The molecular weight excluding hydrogens is 188 g/mol. The van der Waals surface area contributed by atoms with Crippen LogP contribution in [0, 0.1) is 0 Å². The Morgan fingerprint density at radius 2 is 1.93 bits per heavy atom. The topological polar surface area (TPSA) is 42.4 Å². The van der Waals surface area contributed by atoms with Crippen LogP contribution in [0.15, 0.2) is 47.1 Å². The van der Waals surface area contributed by atoms with Crippen molar-refractivity contribution in [3.63, 3.8) is 0 Å². The van der Waals surface area contributed by atoms with E-state index in [9.17, 15) is 0 Å². The normalized spacial score (nSPS) is 10.2. The number of hydrogen-bond acceptors (Lipinski definition) is 3. The summed E-state index contributed by atoms with van der Waals surface area (Å²) < 4.78 is 5.28. The number of nitrogens with two attached hydrogens (primary N) is 1. The fraction of sp³-hybridized carbons (Fsp3) is 0.167. The van der Waals surface area contributed by atoms with E-state index in [0.29, 0.717) is 0 Å². The third-order valence-electron chi connectivity index (χ3n) is 2.31. The molecule has 0 bridgehead atoms. The quantitative estimate of drug-likeness (QED) is 0.777. The molecule has 0 fully saturated rings. The van der Waals surface area contributed by atoms with Crippen molar-refractivity contribution < 1.29 is 4.42 Å². The van der Waals surface area contributed by atoms with Crippen LogP contribution < -0.4 is 10.6 Å². The molecule has 3 heteroatoms. The number of furan rings is 1. The predicted octanol–water partition coefficient (Wildman–Crippen LogP) is 2.50. The first-order valence-electron chi connectivity index (χ1n) is 4.85. The number of nitrogens with zero attached hydrogens (tertiary/aromatic N) is 1. The van der Waals surface area contributed by atoms with E-state index in [2.05, 4.69) is 4.90 Å². The van der Waals surface area contributed by atoms with Crippen molar-refractivity contribution in [1.29, 1.82) is 0 Å². The lowest BCUT2D eigenvalue weighted by Crippen LogP contribution is -2.15. The van der Waals surface area contributed by atoms with E-state index in [1.807, 2.05) is 43.4 Å². The van der Waals surface area contributed by atoms with Gasteiger partial charge in [0.2, 0.25) is 0 Å². The molecule has 2 rings (SSSR count). The van der Waals surface area contributed by atoms with Gasteiger partial charge in [-0.25, -0.2) is 0 Å². The zero-order valence-electron chi connectivity index (χ0n) is 8.68. The first-order valence-corrected chi connectivity index (χ1v) is 4.85. The molecule has 0 atom stereocenters. The Bertz CT molecular complexity index is 406. The van der Waals surface area contributed by atoms with E-state index in [4.69, 9.17) is 10.2 Å². The summed E-state index contributed by atoms with van der Waals surface area (Å²) in [6.45, 7) is 0.761. The van der Waals surface area contributed by atoms with E-state index in [0.717, 1.165) is 23.7 Å². The van der Waals surface area contributed by atoms with Gasteiger partial charge in [0.15, 0.2) is 0 Å². The van der Waals surface area contributed by atoms with Gasteiger partial charge in [-0.15, -0.1) is 0 Å². The molecule has 78 valence electrons. The second-order valence-electron chi connectivity index (χ2n) is 3.53. The van der Waals surface area contributed by atoms with Crippen LogP contribution in [0.3, 0.4) is 0 Å². The van der Waals surface area contributed by atoms with Gasteiger partial charge in [-0.3, -0.25) is 0 Å². The van der Waals surface area contributed by atoms with Crippen LogP contribution in [0.1, 0.15) is 5.76 Å². The molecule has 1 aromatic heterocycles. The van der Waals surface area contributed by atoms with Crippen LogP contribution in [0.2, 0.25) is 0 Å². The summed E-state index contributed by atoms with van der Waals surface area (Å²) >= 11 is 0. The maximum absolute atomic E-state index is 5.63. The van der Waals surface area contributed by atoms with Gasteiger partial charge in [0, 0.05) is 18.4 Å². The highest BCUT2D eigenvalue weighted by Crippen LogP contribution is 2.17. The van der Waals surface area contributed by atoms with Crippen LogP contribution in [-0.2, 0) is 6.54 Å². The molecule has 0 amide bonds. The summed E-state index contributed by atoms with van der Waals surface area (Å²) in [6, 6.07) is 11.7. The van der Waals surface area contributed by atoms with Gasteiger partial charge in [0.1, 0.15) is 5.76 Å². The largest absolute Gasteiger partial charge is 0.467 e. The Balaban J connectivity index is 2.08. The van der Waals surface area contributed by atoms with Gasteiger partial charge in [-0.1, -0.05) is 0 Å². The van der Waals surface area contributed by atoms with Gasteiger partial charge >= 0.3 is 0 Å². The summed E-state index contributed by atoms with van der Waals surface area (Å²) in [7, 11) is 2.02. The summed E-state index contributed by atoms with van der Waals surface area (Å²) in [5.41, 5.74) is 7.53. The number of rotatable bonds is 3. The minimum absolute atomic E-state index is 0.761. The van der Waals surface area contributed by atoms with Gasteiger partial charge < -0.3 is 15.1 Å². The lowest BCUT2D eigenvalue weighted by Gasteiger charge is -2.17. The van der Waals surface area contributed by atoms with Crippen LogP contribution in [0.5, 0.6) is 0 Å². The number of nitrogen functional groups attached to an aromatic ring is 1. The molecule has 0 saturated heterocycles. The van der Waals surface area contributed by atoms with Crippen molar-refractivity contribution in [2.45, 2.75) is 6.54 Å². The minimum atomic E-state index is 0.761. The van der Waals surface area contributed by atoms with Crippen LogP contribution in [0.25, 0.3) is 0 Å². The van der Waals surface area contributed by atoms with Crippen molar-refractivity contribution in [3.05, 3.63) is 48.4 Å². The van der Waals surface area contributed by atoms with E-state index in [-0.39, 0.29) is 0 Å². The fourth-order valence-electron chi connectivity index (χ4n) is 1.46. The molecule has 0 unspecified atom stereocenters. The molecule has 0 aliphatic heterocycles. The second-order valence-corrected chi connectivity index (χ2v) is 3.53. The molecular formula is C12H14N2O. The first-order chi connectivity index (χ1) is 7.25. The van der Waals surface area contributed by atoms with Crippen LogP contribution in [0.4, 0.5) is 11.4 Å². The first kappa shape index (κ1) is 9.65. The summed E-state index contributed by atoms with van der Waals surface area (Å²) in [5.74, 6) is 0.953. The standard InChI is InChI=1S/C12H14N2O/c1-14(9-12-3-2-8-15-12)11-6-4-10(13)5-7-11/h2-8H,9,13H2,1H3. The van der Waals surface area contributed by atoms with Crippen molar-refractivity contribution in [2.24, 2.45) is 0 Å². The predicted molar refractivity (Wildman–Crippen MR) is 61.7 cm³/mol. The number of hydrogen-bond donors (Lipinski definition) is 1. The zero-order valence-corrected chi connectivity index (χ0v) is 8.68. The Labute approximate surface area is 89.1 Å². The lowest BCUT2D eigenvalue weighted by atomic mass is 10.2. The summed E-state index contributed by atoms with van der Waals surface area (Å²) in [4.78, 5) is 2.11. The van der Waals surface area contributed by atoms with Crippen molar-refractivity contribution in [2.75, 3.05) is 17.7 Å². The van der Waals surface area contributed by atoms with E-state index in [1.54, 1.807) is 6.26 Å². The molecule has 0 aliphatic carbocycles. The second kappa shape index (κ2) is 4.09. The Hall–Kier alpha value is -1.90. The van der Waals surface area contributed by atoms with Crippen LogP contribution in [-0.4, -0.2) is 7.05 Å². The molecule has 3 nitrogen and oxygen atoms in total. The average Bonchev–Trinajstić information content (AvgIpc) is 2.71. The lowest BCUT2D eigenvalue weighted by molar-refractivity contribution is 0.507. The minimum Gasteiger partial charge on any atom is -0.467 e. The zero-order chi connectivity index (χ0) is 10.7. The molecule has 2 aromatic rings. The van der Waals surface area contributed by atoms with Crippen LogP contribution >= 0.6 is 0 Å². The van der Waals surface area contributed by atoms with E-state index >= 15 is 0 Å². The summed E-state index contributed by atoms with van der Waals surface area (Å²) in [6.07, 6.45) is 1.69. The third kappa shape index (κ3) is 2.31. The molecule has 2 N–H and O–H groups in total. The smallest absolute Gasteiger partial charge is 0.123 e. The van der Waals surface area contributed by atoms with E-state index in [1.165, 1.54) is 0 Å². The highest BCUT2D eigenvalue weighted by atomic mass is 16.3. The molecule has 0 radical (unpaired) electrons. The number of anilines is 2. The third-order valence-corrected chi connectivity index (χ3v) is 2.31. The van der Waals surface area contributed by atoms with Crippen molar-refractivity contribution in [1.82, 2.24) is 0 Å². The summed E-state index contributed by atoms with van der Waals surface area (Å²) in [5, 5.41) is 0. The fourth-order valence-corrected chi connectivity index (χ4v) is 1.46. The Morgan fingerprint density at radius 1 is 1.20 bits per heavy atom. The van der Waals surface area contributed by atoms with Gasteiger partial charge in [-0.05, 0) is 36.4 Å². The highest BCUT2D eigenvalue weighted by molar-refractivity contribution is 5.52. The molecule has 1 heterocycles. The average molecular weight is 202 g/mol. The SMILES string of the molecule is CN(Cc1ccco1)c1ccc(N)cc1. The van der Waals surface area contributed by atoms with E-state index < -0.39 is 0 Å². The maximum Gasteiger partial charge on any atom is 0.123 e. The molecule has 0 saturated carbocycles. The van der Waals surface area contributed by atoms with Gasteiger partial charge in [0.25, 0.3) is 0 Å².